The monoisotopic (exact) mass is 271 g/mol. The minimum Gasteiger partial charge on any atom is -0.469 e. The van der Waals surface area contributed by atoms with Gasteiger partial charge in [0.25, 0.3) is 0 Å². The van der Waals surface area contributed by atoms with Gasteiger partial charge in [-0.05, 0) is 32.4 Å². The molecule has 0 aromatic carbocycles. The van der Waals surface area contributed by atoms with Crippen LogP contribution >= 0.6 is 0 Å². The summed E-state index contributed by atoms with van der Waals surface area (Å²) in [6.45, 7) is 6.03. The summed E-state index contributed by atoms with van der Waals surface area (Å²) in [5.74, 6) is -0.835. The molecule has 1 aliphatic carbocycles. The number of esters is 2. The number of hydrogen-bond acceptors (Lipinski definition) is 5. The number of rotatable bonds is 5. The maximum Gasteiger partial charge on any atom is 0.308 e. The van der Waals surface area contributed by atoms with Gasteiger partial charge in [-0.3, -0.25) is 9.59 Å². The Labute approximate surface area is 115 Å². The molecule has 110 valence electrons. The average molecular weight is 271 g/mol. The van der Waals surface area contributed by atoms with Crippen LogP contribution in [0.25, 0.3) is 0 Å². The molecule has 0 spiro atoms. The Morgan fingerprint density at radius 2 is 1.37 bits per heavy atom. The van der Waals surface area contributed by atoms with E-state index in [4.69, 9.17) is 9.47 Å². The summed E-state index contributed by atoms with van der Waals surface area (Å²) in [5.41, 5.74) is 0. The first-order valence-electron chi connectivity index (χ1n) is 6.96. The van der Waals surface area contributed by atoms with Gasteiger partial charge in [0, 0.05) is 6.04 Å². The van der Waals surface area contributed by atoms with Crippen molar-refractivity contribution in [3.8, 4) is 0 Å². The van der Waals surface area contributed by atoms with Crippen LogP contribution in [0.3, 0.4) is 0 Å². The van der Waals surface area contributed by atoms with E-state index in [0.29, 0.717) is 6.42 Å². The quantitative estimate of drug-likeness (QED) is 0.709. The maximum absolute atomic E-state index is 11.8. The zero-order chi connectivity index (χ0) is 14.4. The summed E-state index contributed by atoms with van der Waals surface area (Å²) in [4.78, 5) is 25.8. The molecule has 1 saturated carbocycles. The molecule has 1 aliphatic rings. The molecule has 19 heavy (non-hydrogen) atoms. The maximum atomic E-state index is 11.8. The third kappa shape index (κ3) is 3.93. The second-order valence-electron chi connectivity index (χ2n) is 5.02. The van der Waals surface area contributed by atoms with Gasteiger partial charge in [0.15, 0.2) is 0 Å². The number of nitrogens with zero attached hydrogens (tertiary/aromatic N) is 1. The first-order valence-corrected chi connectivity index (χ1v) is 6.96. The second kappa shape index (κ2) is 7.48. The van der Waals surface area contributed by atoms with E-state index in [-0.39, 0.29) is 29.8 Å². The largest absolute Gasteiger partial charge is 0.469 e. The zero-order valence-electron chi connectivity index (χ0n) is 12.3. The first-order chi connectivity index (χ1) is 9.07. The van der Waals surface area contributed by atoms with E-state index in [0.717, 1.165) is 25.9 Å². The molecule has 0 N–H and O–H groups in total. The molecular formula is C14H25NO4. The van der Waals surface area contributed by atoms with Crippen molar-refractivity contribution < 1.29 is 19.1 Å². The van der Waals surface area contributed by atoms with Gasteiger partial charge in [0.05, 0.1) is 26.1 Å². The number of carbonyl (C=O) groups excluding carboxylic acids is 2. The highest BCUT2D eigenvalue weighted by Gasteiger charge is 2.38. The molecule has 0 aliphatic heterocycles. The second-order valence-corrected chi connectivity index (χ2v) is 5.02. The fourth-order valence-electron chi connectivity index (χ4n) is 3.05. The van der Waals surface area contributed by atoms with E-state index in [1.54, 1.807) is 0 Å². The minimum absolute atomic E-state index is 0.201. The van der Waals surface area contributed by atoms with Crippen LogP contribution in [0.2, 0.25) is 0 Å². The number of ether oxygens (including phenoxy) is 2. The fourth-order valence-corrected chi connectivity index (χ4v) is 3.05. The van der Waals surface area contributed by atoms with Crippen molar-refractivity contribution in [2.24, 2.45) is 11.8 Å². The lowest BCUT2D eigenvalue weighted by atomic mass is 9.78. The minimum atomic E-state index is -0.217. The number of hydrogen-bond donors (Lipinski definition) is 0. The Morgan fingerprint density at radius 3 is 1.68 bits per heavy atom. The normalized spacial score (nSPS) is 27.1. The standard InChI is InChI=1S/C14H25NO4/c1-5-15(6-2)12-8-10(13(16)18-3)7-11(9-12)14(17)19-4/h10-12H,5-9H2,1-4H3. The van der Waals surface area contributed by atoms with Crippen LogP contribution in [0.5, 0.6) is 0 Å². The molecule has 0 heterocycles. The van der Waals surface area contributed by atoms with Gasteiger partial charge in [-0.25, -0.2) is 0 Å². The fraction of sp³-hybridized carbons (Fsp3) is 0.857. The summed E-state index contributed by atoms with van der Waals surface area (Å²) in [7, 11) is 2.80. The molecular weight excluding hydrogens is 246 g/mol. The van der Waals surface area contributed by atoms with Crippen LogP contribution in [-0.2, 0) is 19.1 Å². The van der Waals surface area contributed by atoms with Gasteiger partial charge in [-0.1, -0.05) is 13.8 Å². The molecule has 0 aromatic heterocycles. The van der Waals surface area contributed by atoms with E-state index in [1.807, 2.05) is 0 Å². The van der Waals surface area contributed by atoms with E-state index in [9.17, 15) is 9.59 Å². The van der Waals surface area contributed by atoms with Crippen LogP contribution in [0.4, 0.5) is 0 Å². The van der Waals surface area contributed by atoms with Crippen LogP contribution in [0.1, 0.15) is 33.1 Å². The van der Waals surface area contributed by atoms with Gasteiger partial charge in [-0.2, -0.15) is 0 Å². The molecule has 0 bridgehead atoms. The summed E-state index contributed by atoms with van der Waals surface area (Å²) in [6.07, 6.45) is 2.07. The SMILES string of the molecule is CCN(CC)C1CC(C(=O)OC)CC(C(=O)OC)C1. The first kappa shape index (κ1) is 16.0. The molecule has 0 saturated heterocycles. The Balaban J connectivity index is 2.82. The highest BCUT2D eigenvalue weighted by Crippen LogP contribution is 2.33. The lowest BCUT2D eigenvalue weighted by Gasteiger charge is -2.38. The molecule has 0 radical (unpaired) electrons. The van der Waals surface area contributed by atoms with Crippen molar-refractivity contribution >= 4 is 11.9 Å². The Hall–Kier alpha value is -1.10. The smallest absolute Gasteiger partial charge is 0.308 e. The Morgan fingerprint density at radius 1 is 0.947 bits per heavy atom. The van der Waals surface area contributed by atoms with Crippen molar-refractivity contribution in [1.82, 2.24) is 4.90 Å². The summed E-state index contributed by atoms with van der Waals surface area (Å²) < 4.78 is 9.67. The van der Waals surface area contributed by atoms with Crippen LogP contribution in [0.15, 0.2) is 0 Å². The van der Waals surface area contributed by atoms with Crippen LogP contribution < -0.4 is 0 Å². The van der Waals surface area contributed by atoms with Gasteiger partial charge >= 0.3 is 11.9 Å². The lowest BCUT2D eigenvalue weighted by molar-refractivity contribution is -0.153. The highest BCUT2D eigenvalue weighted by molar-refractivity contribution is 5.76. The lowest BCUT2D eigenvalue weighted by Crippen LogP contribution is -2.44. The van der Waals surface area contributed by atoms with Crippen molar-refractivity contribution in [2.45, 2.75) is 39.2 Å². The highest BCUT2D eigenvalue weighted by atomic mass is 16.5. The third-order valence-corrected chi connectivity index (χ3v) is 4.08. The molecule has 2 unspecified atom stereocenters. The van der Waals surface area contributed by atoms with E-state index >= 15 is 0 Å². The number of methoxy groups -OCH3 is 2. The molecule has 1 rings (SSSR count). The average Bonchev–Trinajstić information content (AvgIpc) is 2.46. The molecule has 5 heteroatoms. The molecule has 5 nitrogen and oxygen atoms in total. The molecule has 2 atom stereocenters. The summed E-state index contributed by atoms with van der Waals surface area (Å²) >= 11 is 0. The molecule has 0 aromatic rings. The van der Waals surface area contributed by atoms with Crippen molar-refractivity contribution in [3.05, 3.63) is 0 Å². The summed E-state index contributed by atoms with van der Waals surface area (Å²) in [5, 5.41) is 0. The predicted molar refractivity (Wildman–Crippen MR) is 71.6 cm³/mol. The molecule has 1 fully saturated rings. The van der Waals surface area contributed by atoms with Crippen molar-refractivity contribution in [2.75, 3.05) is 27.3 Å². The summed E-state index contributed by atoms with van der Waals surface area (Å²) in [6, 6.07) is 0.247. The van der Waals surface area contributed by atoms with E-state index in [2.05, 4.69) is 18.7 Å². The van der Waals surface area contributed by atoms with Gasteiger partial charge in [0.1, 0.15) is 0 Å². The molecule has 0 amide bonds. The van der Waals surface area contributed by atoms with E-state index in [1.165, 1.54) is 14.2 Å². The number of carbonyl (C=O) groups is 2. The Bertz CT molecular complexity index is 291. The Kier molecular flexibility index (Phi) is 6.28. The zero-order valence-corrected chi connectivity index (χ0v) is 12.3. The van der Waals surface area contributed by atoms with Gasteiger partial charge in [-0.15, -0.1) is 0 Å². The van der Waals surface area contributed by atoms with Gasteiger partial charge < -0.3 is 14.4 Å². The van der Waals surface area contributed by atoms with Gasteiger partial charge in [0.2, 0.25) is 0 Å². The predicted octanol–water partition coefficient (Wildman–Crippen LogP) is 1.46. The van der Waals surface area contributed by atoms with Crippen LogP contribution in [0, 0.1) is 11.8 Å². The topological polar surface area (TPSA) is 55.8 Å². The third-order valence-electron chi connectivity index (χ3n) is 4.08. The van der Waals surface area contributed by atoms with E-state index < -0.39 is 0 Å². The van der Waals surface area contributed by atoms with Crippen molar-refractivity contribution in [1.29, 1.82) is 0 Å². The van der Waals surface area contributed by atoms with Crippen molar-refractivity contribution in [3.63, 3.8) is 0 Å². The van der Waals surface area contributed by atoms with Crippen LogP contribution in [-0.4, -0.2) is 50.2 Å².